The highest BCUT2D eigenvalue weighted by Crippen LogP contribution is 2.29. The molecule has 2 rings (SSSR count). The van der Waals surface area contributed by atoms with Gasteiger partial charge in [0.1, 0.15) is 5.82 Å². The number of aryl methyl sites for hydroxylation is 1. The van der Waals surface area contributed by atoms with E-state index < -0.39 is 5.97 Å². The van der Waals surface area contributed by atoms with Gasteiger partial charge in [-0.2, -0.15) is 0 Å². The predicted octanol–water partition coefficient (Wildman–Crippen LogP) is 4.05. The summed E-state index contributed by atoms with van der Waals surface area (Å²) in [5, 5.41) is 9.43. The first-order chi connectivity index (χ1) is 9.63. The van der Waals surface area contributed by atoms with Crippen LogP contribution in [0.25, 0.3) is 11.0 Å². The van der Waals surface area contributed by atoms with Crippen LogP contribution in [0.3, 0.4) is 0 Å². The van der Waals surface area contributed by atoms with E-state index in [0.29, 0.717) is 11.6 Å². The molecule has 0 saturated carbocycles. The highest BCUT2D eigenvalue weighted by atomic mass is 16.4. The van der Waals surface area contributed by atoms with Crippen LogP contribution in [0.4, 0.5) is 0 Å². The lowest BCUT2D eigenvalue weighted by atomic mass is 10.1. The Morgan fingerprint density at radius 2 is 2.10 bits per heavy atom. The molecular weight excluding hydrogens is 252 g/mol. The molecule has 108 valence electrons. The summed E-state index contributed by atoms with van der Waals surface area (Å²) in [6, 6.07) is 5.65. The average molecular weight is 274 g/mol. The van der Waals surface area contributed by atoms with Gasteiger partial charge in [0.05, 0.1) is 16.6 Å². The Balaban J connectivity index is 2.74. The fraction of sp³-hybridized carbons (Fsp3) is 0.500. The number of carbonyl (C=O) groups is 1. The van der Waals surface area contributed by atoms with Gasteiger partial charge >= 0.3 is 5.97 Å². The number of fused-ring (bicyclic) bond motifs is 1. The molecule has 0 aliphatic heterocycles. The third-order valence-corrected chi connectivity index (χ3v) is 3.79. The molecule has 0 amide bonds. The van der Waals surface area contributed by atoms with Gasteiger partial charge in [-0.3, -0.25) is 0 Å². The molecule has 1 unspecified atom stereocenters. The molecule has 1 aromatic heterocycles. The van der Waals surface area contributed by atoms with Gasteiger partial charge in [0, 0.05) is 12.5 Å². The molecule has 1 N–H and O–H groups in total. The Hall–Kier alpha value is -1.84. The molecule has 0 bridgehead atoms. The van der Waals surface area contributed by atoms with E-state index in [0.717, 1.165) is 42.5 Å². The summed E-state index contributed by atoms with van der Waals surface area (Å²) < 4.78 is 2.16. The van der Waals surface area contributed by atoms with Crippen molar-refractivity contribution in [3.63, 3.8) is 0 Å². The van der Waals surface area contributed by atoms with E-state index in [1.165, 1.54) is 0 Å². The number of hydrogen-bond donors (Lipinski definition) is 1. The lowest BCUT2D eigenvalue weighted by molar-refractivity contribution is 0.0698. The van der Waals surface area contributed by atoms with Gasteiger partial charge < -0.3 is 9.67 Å². The zero-order valence-corrected chi connectivity index (χ0v) is 12.4. The first-order valence-corrected chi connectivity index (χ1v) is 7.37. The third kappa shape index (κ3) is 2.42. The third-order valence-electron chi connectivity index (χ3n) is 3.79. The van der Waals surface area contributed by atoms with Crippen LogP contribution in [-0.2, 0) is 6.42 Å². The van der Waals surface area contributed by atoms with Crippen LogP contribution in [0.2, 0.25) is 0 Å². The van der Waals surface area contributed by atoms with Gasteiger partial charge in [-0.1, -0.05) is 33.3 Å². The highest BCUT2D eigenvalue weighted by Gasteiger charge is 2.21. The minimum absolute atomic E-state index is 0.320. The van der Waals surface area contributed by atoms with Gasteiger partial charge in [-0.05, 0) is 25.0 Å². The van der Waals surface area contributed by atoms with E-state index in [9.17, 15) is 9.90 Å². The Morgan fingerprint density at radius 1 is 1.35 bits per heavy atom. The molecule has 1 heterocycles. The van der Waals surface area contributed by atoms with Crippen molar-refractivity contribution in [3.8, 4) is 0 Å². The molecule has 1 atom stereocenters. The van der Waals surface area contributed by atoms with Crippen molar-refractivity contribution in [2.45, 2.75) is 52.5 Å². The Labute approximate surface area is 119 Å². The number of rotatable bonds is 6. The van der Waals surface area contributed by atoms with Gasteiger partial charge in [-0.25, -0.2) is 9.78 Å². The number of aromatic carboxylic acids is 1. The van der Waals surface area contributed by atoms with E-state index in [4.69, 9.17) is 0 Å². The SMILES string of the molecule is CCCC(CC)n1c(CC)nc2cccc(C(=O)O)c21. The normalized spacial score (nSPS) is 12.8. The van der Waals surface area contributed by atoms with Crippen molar-refractivity contribution in [1.29, 1.82) is 0 Å². The standard InChI is InChI=1S/C16H22N2O2/c1-4-8-11(5-2)18-14(6-3)17-13-10-7-9-12(15(13)18)16(19)20/h7,9-11H,4-6,8H2,1-3H3,(H,19,20). The number of imidazole rings is 1. The molecular formula is C16H22N2O2. The number of carboxylic acid groups (broad SMARTS) is 1. The van der Waals surface area contributed by atoms with Crippen LogP contribution < -0.4 is 0 Å². The lowest BCUT2D eigenvalue weighted by Gasteiger charge is -2.20. The minimum Gasteiger partial charge on any atom is -0.478 e. The van der Waals surface area contributed by atoms with E-state index >= 15 is 0 Å². The molecule has 0 fully saturated rings. The second kappa shape index (κ2) is 6.07. The van der Waals surface area contributed by atoms with Crippen LogP contribution >= 0.6 is 0 Å². The number of para-hydroxylation sites is 1. The molecule has 4 heteroatoms. The smallest absolute Gasteiger partial charge is 0.337 e. The topological polar surface area (TPSA) is 55.1 Å². The van der Waals surface area contributed by atoms with E-state index in [1.54, 1.807) is 12.1 Å². The molecule has 2 aromatic rings. The summed E-state index contributed by atoms with van der Waals surface area (Å²) in [5.74, 6) is 0.0970. The van der Waals surface area contributed by atoms with E-state index in [1.807, 2.05) is 6.07 Å². The maximum atomic E-state index is 11.5. The number of aromatic nitrogens is 2. The lowest BCUT2D eigenvalue weighted by Crippen LogP contribution is -2.13. The number of nitrogens with zero attached hydrogens (tertiary/aromatic N) is 2. The Morgan fingerprint density at radius 3 is 2.65 bits per heavy atom. The van der Waals surface area contributed by atoms with Crippen molar-refractivity contribution in [3.05, 3.63) is 29.6 Å². The monoisotopic (exact) mass is 274 g/mol. The van der Waals surface area contributed by atoms with Crippen LogP contribution in [0.5, 0.6) is 0 Å². The van der Waals surface area contributed by atoms with E-state index in [-0.39, 0.29) is 0 Å². The number of hydrogen-bond acceptors (Lipinski definition) is 2. The molecule has 0 saturated heterocycles. The maximum absolute atomic E-state index is 11.5. The van der Waals surface area contributed by atoms with Crippen LogP contribution in [0.15, 0.2) is 18.2 Å². The summed E-state index contributed by atoms with van der Waals surface area (Å²) in [6.07, 6.45) is 3.92. The van der Waals surface area contributed by atoms with Gasteiger partial charge in [-0.15, -0.1) is 0 Å². The van der Waals surface area contributed by atoms with Crippen LogP contribution in [0.1, 0.15) is 62.3 Å². The summed E-state index contributed by atoms with van der Waals surface area (Å²) >= 11 is 0. The first-order valence-electron chi connectivity index (χ1n) is 7.37. The summed E-state index contributed by atoms with van der Waals surface area (Å²) in [5.41, 5.74) is 1.91. The first kappa shape index (κ1) is 14.6. The van der Waals surface area contributed by atoms with Crippen LogP contribution in [0, 0.1) is 0 Å². The number of carboxylic acids is 1. The zero-order chi connectivity index (χ0) is 14.7. The number of benzene rings is 1. The van der Waals surface area contributed by atoms with Crippen molar-refractivity contribution in [1.82, 2.24) is 9.55 Å². The summed E-state index contributed by atoms with van der Waals surface area (Å²) in [4.78, 5) is 16.1. The van der Waals surface area contributed by atoms with Crippen molar-refractivity contribution in [2.24, 2.45) is 0 Å². The predicted molar refractivity (Wildman–Crippen MR) is 80.3 cm³/mol. The second-order valence-corrected chi connectivity index (χ2v) is 5.08. The molecule has 0 aliphatic carbocycles. The largest absolute Gasteiger partial charge is 0.478 e. The zero-order valence-electron chi connectivity index (χ0n) is 12.4. The minimum atomic E-state index is -0.884. The highest BCUT2D eigenvalue weighted by molar-refractivity contribution is 6.01. The van der Waals surface area contributed by atoms with Crippen molar-refractivity contribution < 1.29 is 9.90 Å². The van der Waals surface area contributed by atoms with Crippen LogP contribution in [-0.4, -0.2) is 20.6 Å². The maximum Gasteiger partial charge on any atom is 0.337 e. The Bertz CT molecular complexity index is 616. The summed E-state index contributed by atoms with van der Waals surface area (Å²) in [7, 11) is 0. The quantitative estimate of drug-likeness (QED) is 0.864. The van der Waals surface area contributed by atoms with Crippen molar-refractivity contribution >= 4 is 17.0 Å². The van der Waals surface area contributed by atoms with Gasteiger partial charge in [0.15, 0.2) is 0 Å². The fourth-order valence-electron chi connectivity index (χ4n) is 2.86. The van der Waals surface area contributed by atoms with Gasteiger partial charge in [0.25, 0.3) is 0 Å². The molecule has 0 radical (unpaired) electrons. The molecule has 0 aliphatic rings. The summed E-state index contributed by atoms with van der Waals surface area (Å²) in [6.45, 7) is 6.37. The molecule has 20 heavy (non-hydrogen) atoms. The van der Waals surface area contributed by atoms with Gasteiger partial charge in [0.2, 0.25) is 0 Å². The fourth-order valence-corrected chi connectivity index (χ4v) is 2.86. The van der Waals surface area contributed by atoms with Crippen molar-refractivity contribution in [2.75, 3.05) is 0 Å². The Kier molecular flexibility index (Phi) is 4.42. The average Bonchev–Trinajstić information content (AvgIpc) is 2.82. The molecule has 0 spiro atoms. The second-order valence-electron chi connectivity index (χ2n) is 5.08. The van der Waals surface area contributed by atoms with E-state index in [2.05, 4.69) is 30.3 Å². The molecule has 4 nitrogen and oxygen atoms in total. The molecule has 1 aromatic carbocycles.